The van der Waals surface area contributed by atoms with Crippen LogP contribution >= 0.6 is 11.8 Å². The highest BCUT2D eigenvalue weighted by molar-refractivity contribution is 7.98. The molecule has 118 valence electrons. The molecule has 0 atom stereocenters. The number of aliphatic hydroxyl groups excluding tert-OH is 1. The monoisotopic (exact) mass is 325 g/mol. The molecule has 0 aliphatic carbocycles. The highest BCUT2D eigenvalue weighted by Gasteiger charge is 2.06. The van der Waals surface area contributed by atoms with Crippen LogP contribution in [0, 0.1) is 6.92 Å². The van der Waals surface area contributed by atoms with Gasteiger partial charge in [0.1, 0.15) is 12.1 Å². The van der Waals surface area contributed by atoms with E-state index < -0.39 is 0 Å². The molecule has 4 nitrogen and oxygen atoms in total. The Labute approximate surface area is 140 Å². The maximum atomic E-state index is 8.90. The second-order valence-electron chi connectivity index (χ2n) is 5.34. The number of thioether (sulfide) groups is 1. The second kappa shape index (κ2) is 7.44. The second-order valence-corrected chi connectivity index (χ2v) is 6.45. The van der Waals surface area contributed by atoms with E-state index in [-0.39, 0.29) is 6.61 Å². The number of nitrogens with one attached hydrogen (secondary N) is 1. The third kappa shape index (κ3) is 4.00. The molecule has 2 aromatic carbocycles. The third-order valence-corrected chi connectivity index (χ3v) is 4.49. The Balaban J connectivity index is 1.91. The van der Waals surface area contributed by atoms with Crippen molar-refractivity contribution in [1.82, 2.24) is 9.97 Å². The lowest BCUT2D eigenvalue weighted by atomic mass is 10.1. The molecule has 0 aliphatic heterocycles. The van der Waals surface area contributed by atoms with Crippen molar-refractivity contribution >= 4 is 34.2 Å². The Morgan fingerprint density at radius 3 is 2.87 bits per heavy atom. The lowest BCUT2D eigenvalue weighted by molar-refractivity contribution is 0.322. The smallest absolute Gasteiger partial charge is 0.141 e. The van der Waals surface area contributed by atoms with Crippen LogP contribution in [0.1, 0.15) is 11.1 Å². The van der Waals surface area contributed by atoms with Crippen LogP contribution in [0.5, 0.6) is 0 Å². The Kier molecular flexibility index (Phi) is 5.10. The molecule has 0 unspecified atom stereocenters. The average molecular weight is 325 g/mol. The lowest BCUT2D eigenvalue weighted by Gasteiger charge is -2.10. The lowest BCUT2D eigenvalue weighted by Crippen LogP contribution is -1.97. The maximum absolute atomic E-state index is 8.90. The van der Waals surface area contributed by atoms with Crippen LogP contribution in [-0.2, 0) is 5.75 Å². The van der Waals surface area contributed by atoms with Crippen molar-refractivity contribution in [2.45, 2.75) is 12.7 Å². The van der Waals surface area contributed by atoms with Crippen LogP contribution in [0.15, 0.2) is 48.8 Å². The summed E-state index contributed by atoms with van der Waals surface area (Å²) in [5.41, 5.74) is 4.35. The maximum Gasteiger partial charge on any atom is 0.141 e. The van der Waals surface area contributed by atoms with Crippen LogP contribution in [0.3, 0.4) is 0 Å². The van der Waals surface area contributed by atoms with Gasteiger partial charge in [0.25, 0.3) is 0 Å². The van der Waals surface area contributed by atoms with Gasteiger partial charge in [0.15, 0.2) is 0 Å². The van der Waals surface area contributed by atoms with E-state index in [0.717, 1.165) is 33.9 Å². The van der Waals surface area contributed by atoms with Gasteiger partial charge in [-0.3, -0.25) is 0 Å². The Morgan fingerprint density at radius 1 is 1.13 bits per heavy atom. The van der Waals surface area contributed by atoms with E-state index in [9.17, 15) is 0 Å². The summed E-state index contributed by atoms with van der Waals surface area (Å²) in [5.74, 6) is 2.43. The zero-order valence-corrected chi connectivity index (χ0v) is 13.8. The predicted molar refractivity (Wildman–Crippen MR) is 97.2 cm³/mol. The number of aliphatic hydroxyl groups is 1. The zero-order valence-electron chi connectivity index (χ0n) is 13.0. The normalized spacial score (nSPS) is 10.9. The molecule has 5 heteroatoms. The standard InChI is InChI=1S/C18H19N3OS/c1-13-3-2-4-15(9-13)21-18-16-10-14(11-23-8-7-22)5-6-17(16)19-12-20-18/h2-6,9-10,12,22H,7-8,11H2,1H3,(H,19,20,21). The summed E-state index contributed by atoms with van der Waals surface area (Å²) in [4.78, 5) is 8.74. The SMILES string of the molecule is Cc1cccc(Nc2ncnc3ccc(CSCCO)cc23)c1. The molecule has 0 fully saturated rings. The Morgan fingerprint density at radius 2 is 2.04 bits per heavy atom. The molecule has 2 N–H and O–H groups in total. The largest absolute Gasteiger partial charge is 0.396 e. The highest BCUT2D eigenvalue weighted by Crippen LogP contribution is 2.25. The van der Waals surface area contributed by atoms with Gasteiger partial charge in [-0.05, 0) is 42.3 Å². The minimum absolute atomic E-state index is 0.210. The highest BCUT2D eigenvalue weighted by atomic mass is 32.2. The fourth-order valence-electron chi connectivity index (χ4n) is 2.41. The van der Waals surface area contributed by atoms with Gasteiger partial charge < -0.3 is 10.4 Å². The molecule has 0 spiro atoms. The van der Waals surface area contributed by atoms with Gasteiger partial charge >= 0.3 is 0 Å². The molecule has 0 saturated carbocycles. The van der Waals surface area contributed by atoms with Gasteiger partial charge in [-0.15, -0.1) is 0 Å². The molecular weight excluding hydrogens is 306 g/mol. The van der Waals surface area contributed by atoms with Crippen molar-refractivity contribution in [3.63, 3.8) is 0 Å². The number of benzene rings is 2. The van der Waals surface area contributed by atoms with Crippen molar-refractivity contribution in [1.29, 1.82) is 0 Å². The van der Waals surface area contributed by atoms with Crippen molar-refractivity contribution in [3.8, 4) is 0 Å². The van der Waals surface area contributed by atoms with Crippen LogP contribution in [0.25, 0.3) is 10.9 Å². The minimum atomic E-state index is 0.210. The van der Waals surface area contributed by atoms with E-state index in [1.807, 2.05) is 18.2 Å². The van der Waals surface area contributed by atoms with E-state index in [2.05, 4.69) is 46.5 Å². The van der Waals surface area contributed by atoms with Gasteiger partial charge in [-0.2, -0.15) is 11.8 Å². The molecule has 1 heterocycles. The van der Waals surface area contributed by atoms with Crippen LogP contribution in [0.2, 0.25) is 0 Å². The number of anilines is 2. The van der Waals surface area contributed by atoms with Crippen LogP contribution in [-0.4, -0.2) is 27.4 Å². The van der Waals surface area contributed by atoms with Crippen LogP contribution in [0.4, 0.5) is 11.5 Å². The Bertz CT molecular complexity index is 807. The molecule has 1 aromatic heterocycles. The van der Waals surface area contributed by atoms with E-state index in [1.54, 1.807) is 18.1 Å². The predicted octanol–water partition coefficient (Wildman–Crippen LogP) is 3.91. The van der Waals surface area contributed by atoms with Crippen molar-refractivity contribution in [2.75, 3.05) is 17.7 Å². The third-order valence-electron chi connectivity index (χ3n) is 3.48. The van der Waals surface area contributed by atoms with E-state index in [0.29, 0.717) is 0 Å². The average Bonchev–Trinajstić information content (AvgIpc) is 2.56. The molecular formula is C18H19N3OS. The van der Waals surface area contributed by atoms with E-state index in [1.165, 1.54) is 11.1 Å². The topological polar surface area (TPSA) is 58.0 Å². The fourth-order valence-corrected chi connectivity index (χ4v) is 3.10. The number of aromatic nitrogens is 2. The van der Waals surface area contributed by atoms with Crippen molar-refractivity contribution < 1.29 is 5.11 Å². The quantitative estimate of drug-likeness (QED) is 0.673. The van der Waals surface area contributed by atoms with Gasteiger partial charge in [0.05, 0.1) is 12.1 Å². The minimum Gasteiger partial charge on any atom is -0.396 e. The van der Waals surface area contributed by atoms with Crippen molar-refractivity contribution in [3.05, 3.63) is 59.9 Å². The van der Waals surface area contributed by atoms with Crippen molar-refractivity contribution in [2.24, 2.45) is 0 Å². The number of hydrogen-bond acceptors (Lipinski definition) is 5. The molecule has 3 rings (SSSR count). The number of hydrogen-bond donors (Lipinski definition) is 2. The van der Waals surface area contributed by atoms with Gasteiger partial charge in [0.2, 0.25) is 0 Å². The van der Waals surface area contributed by atoms with Crippen LogP contribution < -0.4 is 5.32 Å². The first-order valence-electron chi connectivity index (χ1n) is 7.52. The van der Waals surface area contributed by atoms with E-state index in [4.69, 9.17) is 5.11 Å². The molecule has 0 saturated heterocycles. The van der Waals surface area contributed by atoms with E-state index >= 15 is 0 Å². The molecule has 0 bridgehead atoms. The number of fused-ring (bicyclic) bond motifs is 1. The fraction of sp³-hybridized carbons (Fsp3) is 0.222. The van der Waals surface area contributed by atoms with Gasteiger partial charge in [-0.1, -0.05) is 18.2 Å². The molecule has 0 amide bonds. The van der Waals surface area contributed by atoms with Gasteiger partial charge in [-0.25, -0.2) is 9.97 Å². The number of rotatable bonds is 6. The first-order valence-corrected chi connectivity index (χ1v) is 8.67. The summed E-state index contributed by atoms with van der Waals surface area (Å²) in [6.07, 6.45) is 1.58. The summed E-state index contributed by atoms with van der Waals surface area (Å²) >= 11 is 1.72. The van der Waals surface area contributed by atoms with Gasteiger partial charge in [0, 0.05) is 22.6 Å². The molecule has 0 radical (unpaired) electrons. The summed E-state index contributed by atoms with van der Waals surface area (Å²) in [5, 5.41) is 13.3. The number of nitrogens with zero attached hydrogens (tertiary/aromatic N) is 2. The molecule has 23 heavy (non-hydrogen) atoms. The molecule has 3 aromatic rings. The zero-order chi connectivity index (χ0) is 16.1. The summed E-state index contributed by atoms with van der Waals surface area (Å²) in [6.45, 7) is 2.28. The molecule has 0 aliphatic rings. The number of aryl methyl sites for hydroxylation is 1. The summed E-state index contributed by atoms with van der Waals surface area (Å²) in [7, 11) is 0. The summed E-state index contributed by atoms with van der Waals surface area (Å²) < 4.78 is 0. The first kappa shape index (κ1) is 15.8. The Hall–Kier alpha value is -2.11. The summed E-state index contributed by atoms with van der Waals surface area (Å²) in [6, 6.07) is 14.4. The first-order chi connectivity index (χ1) is 11.3.